The van der Waals surface area contributed by atoms with Gasteiger partial charge in [0.2, 0.25) is 0 Å². The van der Waals surface area contributed by atoms with Crippen molar-refractivity contribution in [3.05, 3.63) is 35.9 Å². The quantitative estimate of drug-likeness (QED) is 0.381. The van der Waals surface area contributed by atoms with Crippen molar-refractivity contribution < 1.29 is 0 Å². The molecule has 3 fully saturated rings. The van der Waals surface area contributed by atoms with Crippen LogP contribution in [0.3, 0.4) is 0 Å². The summed E-state index contributed by atoms with van der Waals surface area (Å²) in [5.74, 6) is 1.98. The normalized spacial score (nSPS) is 27.7. The van der Waals surface area contributed by atoms with Gasteiger partial charge in [-0.2, -0.15) is 0 Å². The summed E-state index contributed by atoms with van der Waals surface area (Å²) in [6, 6.07) is 11.9. The second-order valence-electron chi connectivity index (χ2n) is 8.40. The van der Waals surface area contributed by atoms with Gasteiger partial charge in [0.15, 0.2) is 5.96 Å². The predicted octanol–water partition coefficient (Wildman–Crippen LogP) is 3.62. The summed E-state index contributed by atoms with van der Waals surface area (Å²) in [7, 11) is 1.89. The molecule has 5 heteroatoms. The average Bonchev–Trinajstić information content (AvgIpc) is 3.52. The molecule has 1 heterocycles. The molecule has 3 aliphatic rings. The van der Waals surface area contributed by atoms with Crippen molar-refractivity contribution in [3.63, 3.8) is 0 Å². The predicted molar refractivity (Wildman–Crippen MR) is 119 cm³/mol. The molecule has 0 amide bonds. The largest absolute Gasteiger partial charge is 0.356 e. The van der Waals surface area contributed by atoms with Crippen molar-refractivity contribution in [2.24, 2.45) is 16.3 Å². The number of halogens is 1. The molecule has 2 atom stereocenters. The van der Waals surface area contributed by atoms with Gasteiger partial charge in [0, 0.05) is 38.8 Å². The van der Waals surface area contributed by atoms with Crippen LogP contribution in [-0.4, -0.2) is 43.1 Å². The van der Waals surface area contributed by atoms with E-state index in [-0.39, 0.29) is 24.0 Å². The van der Waals surface area contributed by atoms with Gasteiger partial charge in [-0.1, -0.05) is 30.3 Å². The summed E-state index contributed by atoms with van der Waals surface area (Å²) in [6.45, 7) is 5.57. The van der Waals surface area contributed by atoms with Gasteiger partial charge in [-0.05, 0) is 55.9 Å². The molecule has 4 nitrogen and oxygen atoms in total. The maximum absolute atomic E-state index is 4.47. The number of rotatable bonds is 6. The maximum Gasteiger partial charge on any atom is 0.191 e. The summed E-state index contributed by atoms with van der Waals surface area (Å²) in [5, 5.41) is 7.29. The molecule has 0 spiro atoms. The van der Waals surface area contributed by atoms with E-state index in [1.165, 1.54) is 37.7 Å². The molecule has 0 radical (unpaired) electrons. The zero-order valence-corrected chi connectivity index (χ0v) is 18.4. The Morgan fingerprint density at radius 1 is 1.23 bits per heavy atom. The van der Waals surface area contributed by atoms with E-state index in [1.807, 2.05) is 7.05 Å². The van der Waals surface area contributed by atoms with E-state index >= 15 is 0 Å². The van der Waals surface area contributed by atoms with Crippen molar-refractivity contribution in [1.29, 1.82) is 0 Å². The Morgan fingerprint density at radius 2 is 1.96 bits per heavy atom. The van der Waals surface area contributed by atoms with Crippen LogP contribution in [0.25, 0.3) is 0 Å². The first-order chi connectivity index (χ1) is 12.2. The number of guanidine groups is 1. The molecule has 0 aromatic heterocycles. The lowest BCUT2D eigenvalue weighted by atomic mass is 10.0. The van der Waals surface area contributed by atoms with Gasteiger partial charge in [-0.15, -0.1) is 24.0 Å². The van der Waals surface area contributed by atoms with Crippen LogP contribution < -0.4 is 10.6 Å². The van der Waals surface area contributed by atoms with Crippen LogP contribution in [0.1, 0.15) is 44.6 Å². The van der Waals surface area contributed by atoms with E-state index in [0.717, 1.165) is 31.5 Å². The van der Waals surface area contributed by atoms with E-state index in [1.54, 1.807) is 0 Å². The highest BCUT2D eigenvalue weighted by molar-refractivity contribution is 14.0. The first kappa shape index (κ1) is 19.9. The molecule has 144 valence electrons. The van der Waals surface area contributed by atoms with Crippen LogP contribution in [0, 0.1) is 11.3 Å². The van der Waals surface area contributed by atoms with Crippen molar-refractivity contribution in [3.8, 4) is 0 Å². The molecule has 2 N–H and O–H groups in total. The van der Waals surface area contributed by atoms with Gasteiger partial charge >= 0.3 is 0 Å². The van der Waals surface area contributed by atoms with Crippen LogP contribution in [-0.2, 0) is 6.54 Å². The fourth-order valence-electron chi connectivity index (χ4n) is 4.47. The second kappa shape index (κ2) is 8.46. The molecule has 2 unspecified atom stereocenters. The first-order valence-electron chi connectivity index (χ1n) is 9.94. The van der Waals surface area contributed by atoms with Crippen LogP contribution in [0.15, 0.2) is 35.3 Å². The Bertz CT molecular complexity index is 610. The fourth-order valence-corrected chi connectivity index (χ4v) is 4.47. The molecule has 2 saturated carbocycles. The van der Waals surface area contributed by atoms with E-state index in [0.29, 0.717) is 17.5 Å². The summed E-state index contributed by atoms with van der Waals surface area (Å²) in [4.78, 5) is 7.05. The van der Waals surface area contributed by atoms with Crippen molar-refractivity contribution in [1.82, 2.24) is 15.5 Å². The molecule has 1 aliphatic heterocycles. The first-order valence-corrected chi connectivity index (χ1v) is 9.94. The van der Waals surface area contributed by atoms with Gasteiger partial charge in [-0.3, -0.25) is 9.89 Å². The average molecular weight is 468 g/mol. The third kappa shape index (κ3) is 4.71. The standard InChI is InChI=1S/C21H32N4.HI/c1-16-12-19(14-25(16)13-17-6-4-3-5-7-17)24-20(22-2)23-15-21(10-11-21)18-8-9-18;/h3-7,16,18-19H,8-15H2,1-2H3,(H2,22,23,24);1H. The molecular weight excluding hydrogens is 435 g/mol. The van der Waals surface area contributed by atoms with E-state index in [2.05, 4.69) is 57.8 Å². The molecular formula is C21H33IN4. The third-order valence-corrected chi connectivity index (χ3v) is 6.44. The summed E-state index contributed by atoms with van der Waals surface area (Å²) < 4.78 is 0. The third-order valence-electron chi connectivity index (χ3n) is 6.44. The van der Waals surface area contributed by atoms with Gasteiger partial charge in [0.1, 0.15) is 0 Å². The lowest BCUT2D eigenvalue weighted by Crippen LogP contribution is -2.46. The van der Waals surface area contributed by atoms with Crippen LogP contribution in [0.2, 0.25) is 0 Å². The minimum atomic E-state index is 0. The lowest BCUT2D eigenvalue weighted by molar-refractivity contribution is 0.258. The number of aliphatic imine (C=N–C) groups is 1. The molecule has 1 aromatic carbocycles. The van der Waals surface area contributed by atoms with Gasteiger partial charge in [-0.25, -0.2) is 0 Å². The zero-order chi connectivity index (χ0) is 17.3. The summed E-state index contributed by atoms with van der Waals surface area (Å²) in [6.07, 6.45) is 6.89. The molecule has 2 aliphatic carbocycles. The molecule has 0 bridgehead atoms. The summed E-state index contributed by atoms with van der Waals surface area (Å²) in [5.41, 5.74) is 2.01. The molecule has 4 rings (SSSR count). The van der Waals surface area contributed by atoms with Gasteiger partial charge in [0.25, 0.3) is 0 Å². The number of hydrogen-bond donors (Lipinski definition) is 2. The SMILES string of the molecule is CN=C(NCC1(C2CC2)CC1)NC1CC(C)N(Cc2ccccc2)C1.I. The van der Waals surface area contributed by atoms with Gasteiger partial charge < -0.3 is 10.6 Å². The van der Waals surface area contributed by atoms with E-state index < -0.39 is 0 Å². The van der Waals surface area contributed by atoms with Crippen molar-refractivity contribution >= 4 is 29.9 Å². The van der Waals surface area contributed by atoms with E-state index in [9.17, 15) is 0 Å². The summed E-state index contributed by atoms with van der Waals surface area (Å²) >= 11 is 0. The number of nitrogens with one attached hydrogen (secondary N) is 2. The Morgan fingerprint density at radius 3 is 2.58 bits per heavy atom. The highest BCUT2D eigenvalue weighted by atomic mass is 127. The highest BCUT2D eigenvalue weighted by Crippen LogP contribution is 2.60. The number of hydrogen-bond acceptors (Lipinski definition) is 2. The Balaban J connectivity index is 0.00000196. The Labute approximate surface area is 175 Å². The number of benzene rings is 1. The number of nitrogens with zero attached hydrogens (tertiary/aromatic N) is 2. The highest BCUT2D eigenvalue weighted by Gasteiger charge is 2.53. The minimum Gasteiger partial charge on any atom is -0.356 e. The number of likely N-dealkylation sites (tertiary alicyclic amines) is 1. The second-order valence-corrected chi connectivity index (χ2v) is 8.40. The van der Waals surface area contributed by atoms with Crippen LogP contribution in [0.5, 0.6) is 0 Å². The van der Waals surface area contributed by atoms with Crippen molar-refractivity contribution in [2.45, 2.75) is 57.7 Å². The van der Waals surface area contributed by atoms with E-state index in [4.69, 9.17) is 0 Å². The zero-order valence-electron chi connectivity index (χ0n) is 16.1. The smallest absolute Gasteiger partial charge is 0.191 e. The lowest BCUT2D eigenvalue weighted by Gasteiger charge is -2.22. The minimum absolute atomic E-state index is 0. The molecule has 1 aromatic rings. The molecule has 1 saturated heterocycles. The maximum atomic E-state index is 4.47. The van der Waals surface area contributed by atoms with Crippen LogP contribution in [0.4, 0.5) is 0 Å². The Kier molecular flexibility index (Phi) is 6.49. The van der Waals surface area contributed by atoms with Crippen molar-refractivity contribution in [2.75, 3.05) is 20.1 Å². The van der Waals surface area contributed by atoms with Crippen LogP contribution >= 0.6 is 24.0 Å². The molecule has 26 heavy (non-hydrogen) atoms. The van der Waals surface area contributed by atoms with Gasteiger partial charge in [0.05, 0.1) is 0 Å². The Hall–Kier alpha value is -0.820. The topological polar surface area (TPSA) is 39.7 Å². The monoisotopic (exact) mass is 468 g/mol. The fraction of sp³-hybridized carbons (Fsp3) is 0.667.